The van der Waals surface area contributed by atoms with E-state index in [-0.39, 0.29) is 5.56 Å². The minimum absolute atomic E-state index is 0.0880. The van der Waals surface area contributed by atoms with Gasteiger partial charge in [0.05, 0.1) is 22.5 Å². The second-order valence-electron chi connectivity index (χ2n) is 2.87. The Labute approximate surface area is 90.1 Å². The number of hydrogen-bond donors (Lipinski definition) is 0. The number of benzene rings is 1. The van der Waals surface area contributed by atoms with Gasteiger partial charge >= 0.3 is 0 Å². The molecule has 0 aliphatic rings. The van der Waals surface area contributed by atoms with Crippen molar-refractivity contribution in [3.05, 3.63) is 47.0 Å². The van der Waals surface area contributed by atoms with Crippen LogP contribution in [0.25, 0.3) is 5.69 Å². The van der Waals surface area contributed by atoms with Crippen molar-refractivity contribution >= 4 is 17.9 Å². The first kappa shape index (κ1) is 9.86. The highest BCUT2D eigenvalue weighted by Gasteiger charge is 2.12. The molecule has 3 nitrogen and oxygen atoms in total. The standard InChI is InChI=1S/C10H6ClFN2O/c11-8-3-1-2-4-9(8)14-10(12)7(6-15)5-13-14/h1-6H. The van der Waals surface area contributed by atoms with E-state index in [1.54, 1.807) is 24.3 Å². The maximum atomic E-state index is 13.5. The number of nitrogens with zero attached hydrogens (tertiary/aromatic N) is 2. The van der Waals surface area contributed by atoms with Gasteiger partial charge in [0.1, 0.15) is 0 Å². The summed E-state index contributed by atoms with van der Waals surface area (Å²) in [4.78, 5) is 10.4. The van der Waals surface area contributed by atoms with Gasteiger partial charge in [0, 0.05) is 0 Å². The van der Waals surface area contributed by atoms with Crippen LogP contribution in [-0.2, 0) is 0 Å². The summed E-state index contributed by atoms with van der Waals surface area (Å²) in [5.41, 5.74) is 0.319. The molecule has 0 spiro atoms. The van der Waals surface area contributed by atoms with E-state index in [9.17, 15) is 9.18 Å². The van der Waals surface area contributed by atoms with Gasteiger partial charge in [0.25, 0.3) is 0 Å². The number of carbonyl (C=O) groups excluding carboxylic acids is 1. The largest absolute Gasteiger partial charge is 0.298 e. The molecule has 76 valence electrons. The lowest BCUT2D eigenvalue weighted by atomic mass is 10.3. The third-order valence-electron chi connectivity index (χ3n) is 1.94. The summed E-state index contributed by atoms with van der Waals surface area (Å²) in [5, 5.41) is 4.12. The van der Waals surface area contributed by atoms with Crippen molar-refractivity contribution in [3.8, 4) is 5.69 Å². The van der Waals surface area contributed by atoms with Crippen molar-refractivity contribution in [2.75, 3.05) is 0 Å². The molecule has 1 heterocycles. The second-order valence-corrected chi connectivity index (χ2v) is 3.28. The number of aromatic nitrogens is 2. The van der Waals surface area contributed by atoms with Crippen molar-refractivity contribution in [2.45, 2.75) is 0 Å². The highest BCUT2D eigenvalue weighted by atomic mass is 35.5. The van der Waals surface area contributed by atoms with E-state index < -0.39 is 5.95 Å². The Balaban J connectivity index is 2.59. The molecular weight excluding hydrogens is 219 g/mol. The van der Waals surface area contributed by atoms with E-state index in [0.29, 0.717) is 17.0 Å². The number of para-hydroxylation sites is 1. The first-order valence-corrected chi connectivity index (χ1v) is 4.55. The normalized spacial score (nSPS) is 10.3. The number of rotatable bonds is 2. The maximum absolute atomic E-state index is 13.5. The zero-order chi connectivity index (χ0) is 10.8. The summed E-state index contributed by atoms with van der Waals surface area (Å²) in [5.74, 6) is -0.710. The maximum Gasteiger partial charge on any atom is 0.226 e. The highest BCUT2D eigenvalue weighted by Crippen LogP contribution is 2.20. The molecule has 0 aliphatic heterocycles. The van der Waals surface area contributed by atoms with Gasteiger partial charge in [0.15, 0.2) is 6.29 Å². The molecule has 0 N–H and O–H groups in total. The fraction of sp³-hybridized carbons (Fsp3) is 0. The van der Waals surface area contributed by atoms with Crippen LogP contribution in [0, 0.1) is 5.95 Å². The van der Waals surface area contributed by atoms with E-state index >= 15 is 0 Å². The molecule has 15 heavy (non-hydrogen) atoms. The van der Waals surface area contributed by atoms with E-state index in [1.807, 2.05) is 0 Å². The van der Waals surface area contributed by atoms with E-state index in [1.165, 1.54) is 0 Å². The van der Waals surface area contributed by atoms with E-state index in [2.05, 4.69) is 5.10 Å². The topological polar surface area (TPSA) is 34.9 Å². The predicted octanol–water partition coefficient (Wildman–Crippen LogP) is 2.48. The molecule has 0 saturated carbocycles. The van der Waals surface area contributed by atoms with Crippen LogP contribution in [0.2, 0.25) is 5.02 Å². The summed E-state index contributed by atoms with van der Waals surface area (Å²) >= 11 is 5.87. The first-order valence-electron chi connectivity index (χ1n) is 4.17. The number of carbonyl (C=O) groups is 1. The monoisotopic (exact) mass is 224 g/mol. The van der Waals surface area contributed by atoms with Crippen LogP contribution < -0.4 is 0 Å². The van der Waals surface area contributed by atoms with Crippen molar-refractivity contribution in [2.24, 2.45) is 0 Å². The fourth-order valence-corrected chi connectivity index (χ4v) is 1.43. The molecule has 0 atom stereocenters. The van der Waals surface area contributed by atoms with Gasteiger partial charge in [-0.2, -0.15) is 9.49 Å². The molecule has 1 aromatic carbocycles. The molecule has 0 fully saturated rings. The number of halogens is 2. The van der Waals surface area contributed by atoms with Gasteiger partial charge in [-0.1, -0.05) is 23.7 Å². The Kier molecular flexibility index (Phi) is 2.51. The summed E-state index contributed by atoms with van der Waals surface area (Å²) in [6.07, 6.45) is 1.57. The SMILES string of the molecule is O=Cc1cnn(-c2ccccc2Cl)c1F. The average molecular weight is 225 g/mol. The van der Waals surface area contributed by atoms with E-state index in [4.69, 9.17) is 11.6 Å². The molecule has 0 aliphatic carbocycles. The third kappa shape index (κ3) is 1.64. The minimum atomic E-state index is -0.710. The molecule has 0 unspecified atom stereocenters. The Hall–Kier alpha value is -1.68. The van der Waals surface area contributed by atoms with Gasteiger partial charge in [-0.25, -0.2) is 4.68 Å². The Morgan fingerprint density at radius 3 is 2.73 bits per heavy atom. The predicted molar refractivity (Wildman–Crippen MR) is 53.9 cm³/mol. The summed E-state index contributed by atoms with van der Waals surface area (Å²) in [6, 6.07) is 6.68. The lowest BCUT2D eigenvalue weighted by Crippen LogP contribution is -2.01. The summed E-state index contributed by atoms with van der Waals surface area (Å²) in [6.45, 7) is 0. The Bertz CT molecular complexity index is 510. The van der Waals surface area contributed by atoms with E-state index in [0.717, 1.165) is 10.9 Å². The van der Waals surface area contributed by atoms with Crippen LogP contribution in [0.3, 0.4) is 0 Å². The van der Waals surface area contributed by atoms with Gasteiger partial charge in [0.2, 0.25) is 5.95 Å². The molecule has 0 radical (unpaired) electrons. The van der Waals surface area contributed by atoms with Crippen LogP contribution in [0.15, 0.2) is 30.5 Å². The molecule has 0 bridgehead atoms. The zero-order valence-electron chi connectivity index (χ0n) is 7.52. The minimum Gasteiger partial charge on any atom is -0.298 e. The molecule has 1 aromatic heterocycles. The zero-order valence-corrected chi connectivity index (χ0v) is 8.28. The Morgan fingerprint density at radius 2 is 2.13 bits per heavy atom. The van der Waals surface area contributed by atoms with Crippen LogP contribution in [-0.4, -0.2) is 16.1 Å². The number of aldehydes is 1. The van der Waals surface area contributed by atoms with Gasteiger partial charge in [-0.15, -0.1) is 0 Å². The summed E-state index contributed by atoms with van der Waals surface area (Å²) in [7, 11) is 0. The van der Waals surface area contributed by atoms with Gasteiger partial charge < -0.3 is 0 Å². The van der Waals surface area contributed by atoms with Crippen molar-refractivity contribution in [3.63, 3.8) is 0 Å². The summed E-state index contributed by atoms with van der Waals surface area (Å²) < 4.78 is 14.5. The highest BCUT2D eigenvalue weighted by molar-refractivity contribution is 6.32. The third-order valence-corrected chi connectivity index (χ3v) is 2.26. The molecule has 2 rings (SSSR count). The van der Waals surface area contributed by atoms with Crippen LogP contribution in [0.5, 0.6) is 0 Å². The second kappa shape index (κ2) is 3.82. The Morgan fingerprint density at radius 1 is 1.40 bits per heavy atom. The van der Waals surface area contributed by atoms with Crippen LogP contribution in [0.4, 0.5) is 4.39 Å². The van der Waals surface area contributed by atoms with Crippen molar-refractivity contribution in [1.29, 1.82) is 0 Å². The lowest BCUT2D eigenvalue weighted by Gasteiger charge is -2.03. The van der Waals surface area contributed by atoms with Crippen LogP contribution >= 0.6 is 11.6 Å². The first-order chi connectivity index (χ1) is 7.24. The smallest absolute Gasteiger partial charge is 0.226 e. The average Bonchev–Trinajstić information content (AvgIpc) is 2.60. The quantitative estimate of drug-likeness (QED) is 0.735. The van der Waals surface area contributed by atoms with Crippen molar-refractivity contribution < 1.29 is 9.18 Å². The molecule has 0 amide bonds. The van der Waals surface area contributed by atoms with Gasteiger partial charge in [-0.3, -0.25) is 4.79 Å². The molecule has 5 heteroatoms. The molecule has 2 aromatic rings. The fourth-order valence-electron chi connectivity index (χ4n) is 1.22. The van der Waals surface area contributed by atoms with Crippen molar-refractivity contribution in [1.82, 2.24) is 9.78 Å². The molecular formula is C10H6ClFN2O. The molecule has 0 saturated heterocycles. The van der Waals surface area contributed by atoms with Crippen LogP contribution in [0.1, 0.15) is 10.4 Å². The van der Waals surface area contributed by atoms with Gasteiger partial charge in [-0.05, 0) is 12.1 Å². The lowest BCUT2D eigenvalue weighted by molar-refractivity contribution is 0.111. The number of hydrogen-bond acceptors (Lipinski definition) is 2.